The van der Waals surface area contributed by atoms with Gasteiger partial charge in [0.15, 0.2) is 0 Å². The Hall–Kier alpha value is -3.27. The summed E-state index contributed by atoms with van der Waals surface area (Å²) in [5, 5.41) is 13.8. The largest absolute Gasteiger partial charge is 0.374 e. The Balaban J connectivity index is 1.56. The lowest BCUT2D eigenvalue weighted by Crippen LogP contribution is -2.57. The Morgan fingerprint density at radius 1 is 1.21 bits per heavy atom. The lowest BCUT2D eigenvalue weighted by atomic mass is 9.85. The maximum atomic E-state index is 13.1. The molecule has 2 heterocycles. The van der Waals surface area contributed by atoms with Gasteiger partial charge in [-0.15, -0.1) is 5.10 Å². The molecule has 2 aromatic rings. The molecule has 1 saturated heterocycles. The molecule has 1 aromatic heterocycles. The van der Waals surface area contributed by atoms with E-state index in [4.69, 9.17) is 4.74 Å². The number of benzene rings is 1. The average molecular weight is 457 g/mol. The van der Waals surface area contributed by atoms with Crippen LogP contribution < -0.4 is 10.6 Å². The van der Waals surface area contributed by atoms with Crippen LogP contribution in [0.5, 0.6) is 0 Å². The molecule has 0 radical (unpaired) electrons. The summed E-state index contributed by atoms with van der Waals surface area (Å²) < 4.78 is 7.32. The van der Waals surface area contributed by atoms with Crippen LogP contribution in [0.2, 0.25) is 0 Å². The Morgan fingerprint density at radius 3 is 2.61 bits per heavy atom. The highest BCUT2D eigenvalue weighted by molar-refractivity contribution is 5.90. The lowest BCUT2D eigenvalue weighted by Gasteiger charge is -2.38. The lowest BCUT2D eigenvalue weighted by molar-refractivity contribution is -0.145. The maximum Gasteiger partial charge on any atom is 0.246 e. The van der Waals surface area contributed by atoms with Gasteiger partial charge in [-0.2, -0.15) is 0 Å². The summed E-state index contributed by atoms with van der Waals surface area (Å²) in [5.74, 6) is -0.553. The van der Waals surface area contributed by atoms with Crippen molar-refractivity contribution in [1.29, 1.82) is 0 Å². The highest BCUT2D eigenvalue weighted by Gasteiger charge is 2.37. The van der Waals surface area contributed by atoms with Gasteiger partial charge in [-0.25, -0.2) is 4.68 Å². The highest BCUT2D eigenvalue weighted by atomic mass is 16.5. The molecule has 3 amide bonds. The third-order valence-electron chi connectivity index (χ3n) is 5.30. The van der Waals surface area contributed by atoms with Gasteiger partial charge in [-0.05, 0) is 17.5 Å². The molecule has 1 unspecified atom stereocenters. The Morgan fingerprint density at radius 2 is 1.94 bits per heavy atom. The van der Waals surface area contributed by atoms with E-state index in [2.05, 4.69) is 20.9 Å². The van der Waals surface area contributed by atoms with Gasteiger partial charge in [0.25, 0.3) is 0 Å². The van der Waals surface area contributed by atoms with Gasteiger partial charge in [0.05, 0.1) is 18.4 Å². The first-order valence-electron chi connectivity index (χ1n) is 11.0. The van der Waals surface area contributed by atoms with Crippen LogP contribution in [0.25, 0.3) is 0 Å². The summed E-state index contributed by atoms with van der Waals surface area (Å²) in [6.07, 6.45) is 1.93. The van der Waals surface area contributed by atoms with E-state index < -0.39 is 11.5 Å². The number of nitrogens with zero attached hydrogens (tertiary/aromatic N) is 4. The van der Waals surface area contributed by atoms with Crippen molar-refractivity contribution in [3.05, 3.63) is 42.2 Å². The van der Waals surface area contributed by atoms with Crippen LogP contribution >= 0.6 is 0 Å². The molecule has 1 fully saturated rings. The number of hydrogen-bond donors (Lipinski definition) is 2. The molecule has 0 spiro atoms. The molecule has 10 nitrogen and oxygen atoms in total. The number of anilines is 1. The first kappa shape index (κ1) is 24.4. The Labute approximate surface area is 193 Å². The molecule has 178 valence electrons. The third kappa shape index (κ3) is 7.11. The van der Waals surface area contributed by atoms with Crippen LogP contribution in [0, 0.1) is 5.41 Å². The molecule has 0 saturated carbocycles. The van der Waals surface area contributed by atoms with Crippen molar-refractivity contribution in [2.75, 3.05) is 25.0 Å². The number of para-hydroxylation sites is 1. The molecule has 0 bridgehead atoms. The van der Waals surface area contributed by atoms with Crippen molar-refractivity contribution in [2.24, 2.45) is 5.41 Å². The van der Waals surface area contributed by atoms with E-state index in [1.165, 1.54) is 11.6 Å². The molecule has 0 aliphatic carbocycles. The van der Waals surface area contributed by atoms with E-state index in [0.29, 0.717) is 31.8 Å². The number of ether oxygens (including phenoxy) is 1. The van der Waals surface area contributed by atoms with Gasteiger partial charge in [0, 0.05) is 38.3 Å². The molecule has 1 aliphatic rings. The Bertz CT molecular complexity index is 969. The first-order valence-corrected chi connectivity index (χ1v) is 11.0. The van der Waals surface area contributed by atoms with Crippen LogP contribution in [-0.4, -0.2) is 69.5 Å². The number of aromatic nitrogens is 3. The number of amides is 3. The van der Waals surface area contributed by atoms with Gasteiger partial charge < -0.3 is 20.3 Å². The Kier molecular flexibility index (Phi) is 7.80. The normalized spacial score (nSPS) is 17.3. The van der Waals surface area contributed by atoms with Crippen molar-refractivity contribution in [1.82, 2.24) is 25.2 Å². The fourth-order valence-electron chi connectivity index (χ4n) is 3.69. The maximum absolute atomic E-state index is 13.1. The summed E-state index contributed by atoms with van der Waals surface area (Å²) in [5.41, 5.74) is 0.978. The quantitative estimate of drug-likeness (QED) is 0.647. The second kappa shape index (κ2) is 10.6. The predicted octanol–water partition coefficient (Wildman–Crippen LogP) is 1.24. The topological polar surface area (TPSA) is 118 Å². The minimum absolute atomic E-state index is 0.0437. The standard InChI is InChI=1S/C23H32N6O4/c1-16(30)24-21(23(2,3)4)22(32)28-10-11-33-19(14-28)12-18-13-29(27-26-18)15-20(31)25-17-8-6-5-7-9-17/h5-9,13,19,21H,10-12,14-15H2,1-4H3,(H,24,30)(H,25,31)/t19?,21-/m1/s1. The van der Waals surface area contributed by atoms with E-state index in [1.807, 2.05) is 51.1 Å². The fraction of sp³-hybridized carbons (Fsp3) is 0.522. The zero-order valence-corrected chi connectivity index (χ0v) is 19.6. The second-order valence-electron chi connectivity index (χ2n) is 9.30. The van der Waals surface area contributed by atoms with Crippen LogP contribution in [0.15, 0.2) is 36.5 Å². The first-order chi connectivity index (χ1) is 15.6. The van der Waals surface area contributed by atoms with E-state index in [1.54, 1.807) is 11.1 Å². The number of carbonyl (C=O) groups excluding carboxylic acids is 3. The summed E-state index contributed by atoms with van der Waals surface area (Å²) >= 11 is 0. The minimum atomic E-state index is -0.613. The predicted molar refractivity (Wildman–Crippen MR) is 122 cm³/mol. The summed E-state index contributed by atoms with van der Waals surface area (Å²) in [7, 11) is 0. The molecule has 2 N–H and O–H groups in total. The smallest absolute Gasteiger partial charge is 0.246 e. The number of nitrogens with one attached hydrogen (secondary N) is 2. The van der Waals surface area contributed by atoms with E-state index in [0.717, 1.165) is 5.69 Å². The zero-order valence-electron chi connectivity index (χ0n) is 19.6. The average Bonchev–Trinajstić information content (AvgIpc) is 3.18. The van der Waals surface area contributed by atoms with Gasteiger partial charge in [-0.3, -0.25) is 14.4 Å². The highest BCUT2D eigenvalue weighted by Crippen LogP contribution is 2.22. The van der Waals surface area contributed by atoms with Crippen molar-refractivity contribution in [2.45, 2.75) is 52.8 Å². The second-order valence-corrected chi connectivity index (χ2v) is 9.30. The third-order valence-corrected chi connectivity index (χ3v) is 5.30. The monoisotopic (exact) mass is 456 g/mol. The van der Waals surface area contributed by atoms with Crippen LogP contribution in [0.4, 0.5) is 5.69 Å². The molecule has 3 rings (SSSR count). The number of hydrogen-bond acceptors (Lipinski definition) is 6. The van der Waals surface area contributed by atoms with E-state index >= 15 is 0 Å². The van der Waals surface area contributed by atoms with Crippen molar-refractivity contribution < 1.29 is 19.1 Å². The SMILES string of the molecule is CC(=O)N[C@H](C(=O)N1CCOC(Cc2cn(CC(=O)Nc3ccccc3)nn2)C1)C(C)(C)C. The molecule has 33 heavy (non-hydrogen) atoms. The van der Waals surface area contributed by atoms with Gasteiger partial charge in [0.2, 0.25) is 17.7 Å². The fourth-order valence-corrected chi connectivity index (χ4v) is 3.69. The number of carbonyl (C=O) groups is 3. The minimum Gasteiger partial charge on any atom is -0.374 e. The van der Waals surface area contributed by atoms with Crippen LogP contribution in [-0.2, 0) is 32.1 Å². The van der Waals surface area contributed by atoms with Crippen molar-refractivity contribution >= 4 is 23.4 Å². The molecular weight excluding hydrogens is 424 g/mol. The number of morpholine rings is 1. The molecular formula is C23H32N6O4. The van der Waals surface area contributed by atoms with Crippen LogP contribution in [0.1, 0.15) is 33.4 Å². The molecule has 2 atom stereocenters. The van der Waals surface area contributed by atoms with Gasteiger partial charge >= 0.3 is 0 Å². The summed E-state index contributed by atoms with van der Waals surface area (Å²) in [6, 6.07) is 8.59. The van der Waals surface area contributed by atoms with Gasteiger partial charge in [-0.1, -0.05) is 44.2 Å². The summed E-state index contributed by atoms with van der Waals surface area (Å²) in [6.45, 7) is 8.50. The van der Waals surface area contributed by atoms with E-state index in [-0.39, 0.29) is 30.4 Å². The van der Waals surface area contributed by atoms with Crippen LogP contribution in [0.3, 0.4) is 0 Å². The summed E-state index contributed by atoms with van der Waals surface area (Å²) in [4.78, 5) is 38.7. The molecule has 1 aromatic carbocycles. The van der Waals surface area contributed by atoms with Crippen molar-refractivity contribution in [3.63, 3.8) is 0 Å². The zero-order chi connectivity index (χ0) is 24.0. The number of rotatable bonds is 7. The van der Waals surface area contributed by atoms with E-state index in [9.17, 15) is 14.4 Å². The van der Waals surface area contributed by atoms with Gasteiger partial charge in [0.1, 0.15) is 12.6 Å². The molecule has 10 heteroatoms. The van der Waals surface area contributed by atoms with Crippen molar-refractivity contribution in [3.8, 4) is 0 Å². The molecule has 1 aliphatic heterocycles.